The lowest BCUT2D eigenvalue weighted by atomic mass is 10.2. The SMILES string of the molecule is CCCCCNC(=O)O.O=[N+]([O-])c1ccc2c(c1)C2. The average molecular weight is 266 g/mol. The Bertz CT molecular complexity index is 460. The first-order chi connectivity index (χ1) is 9.04. The molecule has 0 saturated carbocycles. The molecular formula is C13H18N2O4. The number of amides is 1. The first-order valence-electron chi connectivity index (χ1n) is 6.27. The van der Waals surface area contributed by atoms with Gasteiger partial charge >= 0.3 is 6.09 Å². The van der Waals surface area contributed by atoms with Gasteiger partial charge in [-0.1, -0.05) is 25.8 Å². The minimum atomic E-state index is -0.925. The number of carbonyl (C=O) groups is 1. The highest BCUT2D eigenvalue weighted by Crippen LogP contribution is 2.30. The summed E-state index contributed by atoms with van der Waals surface area (Å²) in [6.45, 7) is 2.67. The zero-order valence-corrected chi connectivity index (χ0v) is 10.9. The summed E-state index contributed by atoms with van der Waals surface area (Å²) in [5.41, 5.74) is 2.57. The van der Waals surface area contributed by atoms with Crippen LogP contribution in [0.4, 0.5) is 10.5 Å². The Kier molecular flexibility index (Phi) is 5.78. The lowest BCUT2D eigenvalue weighted by Gasteiger charge is -1.96. The molecule has 6 nitrogen and oxygen atoms in total. The number of benzene rings is 1. The number of nitrogens with zero attached hydrogens (tertiary/aromatic N) is 1. The van der Waals surface area contributed by atoms with E-state index in [2.05, 4.69) is 12.2 Å². The molecule has 1 aliphatic carbocycles. The number of rotatable bonds is 5. The van der Waals surface area contributed by atoms with Crippen molar-refractivity contribution < 1.29 is 14.8 Å². The van der Waals surface area contributed by atoms with Gasteiger partial charge in [0.05, 0.1) is 4.92 Å². The summed E-state index contributed by atoms with van der Waals surface area (Å²) in [7, 11) is 0. The number of carboxylic acid groups (broad SMARTS) is 1. The van der Waals surface area contributed by atoms with Crippen LogP contribution >= 0.6 is 0 Å². The molecule has 0 bridgehead atoms. The zero-order chi connectivity index (χ0) is 14.3. The standard InChI is InChI=1S/C7H5NO2.C6H13NO2/c9-8(10)7-2-1-5-3-6(5)4-7;1-2-3-4-5-7-6(8)9/h1-2,4H,3H2;7H,2-5H2,1H3,(H,8,9). The summed E-state index contributed by atoms with van der Waals surface area (Å²) in [4.78, 5) is 19.7. The zero-order valence-electron chi connectivity index (χ0n) is 10.9. The third-order valence-electron chi connectivity index (χ3n) is 2.71. The van der Waals surface area contributed by atoms with Crippen LogP contribution in [0.1, 0.15) is 37.3 Å². The van der Waals surface area contributed by atoms with Crippen molar-refractivity contribution in [1.29, 1.82) is 0 Å². The second kappa shape index (κ2) is 7.35. The Morgan fingerprint density at radius 3 is 2.68 bits per heavy atom. The molecule has 0 atom stereocenters. The average Bonchev–Trinajstić information content (AvgIpc) is 3.13. The van der Waals surface area contributed by atoms with E-state index >= 15 is 0 Å². The lowest BCUT2D eigenvalue weighted by molar-refractivity contribution is -0.384. The predicted molar refractivity (Wildman–Crippen MR) is 71.5 cm³/mol. The fourth-order valence-corrected chi connectivity index (χ4v) is 1.57. The maximum atomic E-state index is 10.2. The fraction of sp³-hybridized carbons (Fsp3) is 0.462. The van der Waals surface area contributed by atoms with E-state index in [0.29, 0.717) is 6.54 Å². The van der Waals surface area contributed by atoms with Crippen molar-refractivity contribution in [3.8, 4) is 0 Å². The number of hydrogen-bond donors (Lipinski definition) is 2. The van der Waals surface area contributed by atoms with Gasteiger partial charge in [0.15, 0.2) is 0 Å². The number of nitro benzene ring substituents is 1. The van der Waals surface area contributed by atoms with E-state index in [9.17, 15) is 14.9 Å². The topological polar surface area (TPSA) is 92.5 Å². The Labute approximate surface area is 111 Å². The summed E-state index contributed by atoms with van der Waals surface area (Å²) < 4.78 is 0. The maximum absolute atomic E-state index is 10.2. The number of nitrogens with one attached hydrogen (secondary N) is 1. The van der Waals surface area contributed by atoms with Crippen LogP contribution in [0, 0.1) is 10.1 Å². The highest BCUT2D eigenvalue weighted by molar-refractivity contribution is 5.64. The monoisotopic (exact) mass is 266 g/mol. The maximum Gasteiger partial charge on any atom is 0.404 e. The van der Waals surface area contributed by atoms with Gasteiger partial charge in [-0.2, -0.15) is 0 Å². The van der Waals surface area contributed by atoms with Crippen molar-refractivity contribution in [2.45, 2.75) is 32.6 Å². The summed E-state index contributed by atoms with van der Waals surface area (Å²) >= 11 is 0. The third-order valence-corrected chi connectivity index (χ3v) is 2.71. The van der Waals surface area contributed by atoms with Crippen LogP contribution < -0.4 is 5.32 Å². The molecule has 1 aromatic rings. The van der Waals surface area contributed by atoms with Crippen LogP contribution in [0.25, 0.3) is 0 Å². The van der Waals surface area contributed by atoms with Gasteiger partial charge in [0, 0.05) is 18.7 Å². The van der Waals surface area contributed by atoms with Crippen molar-refractivity contribution in [1.82, 2.24) is 5.32 Å². The smallest absolute Gasteiger partial charge is 0.404 e. The van der Waals surface area contributed by atoms with Crippen LogP contribution in [-0.2, 0) is 6.42 Å². The van der Waals surface area contributed by atoms with Crippen LogP contribution in [0.15, 0.2) is 18.2 Å². The van der Waals surface area contributed by atoms with E-state index < -0.39 is 6.09 Å². The Hall–Kier alpha value is -2.11. The number of unbranched alkanes of at least 4 members (excludes halogenated alkanes) is 2. The first kappa shape index (κ1) is 14.9. The fourth-order valence-electron chi connectivity index (χ4n) is 1.57. The number of nitro groups is 1. The second-order valence-electron chi connectivity index (χ2n) is 4.33. The predicted octanol–water partition coefficient (Wildman–Crippen LogP) is 2.94. The molecule has 19 heavy (non-hydrogen) atoms. The first-order valence-corrected chi connectivity index (χ1v) is 6.27. The lowest BCUT2D eigenvalue weighted by Crippen LogP contribution is -2.21. The minimum Gasteiger partial charge on any atom is -0.465 e. The molecule has 0 aliphatic heterocycles. The molecule has 1 aromatic carbocycles. The molecule has 104 valence electrons. The van der Waals surface area contributed by atoms with E-state index in [1.165, 1.54) is 5.56 Å². The number of non-ortho nitro benzene ring substituents is 1. The third kappa shape index (κ3) is 5.85. The molecule has 0 unspecified atom stereocenters. The van der Waals surface area contributed by atoms with E-state index in [0.717, 1.165) is 31.2 Å². The molecule has 1 aliphatic rings. The number of fused-ring (bicyclic) bond motifs is 1. The van der Waals surface area contributed by atoms with Gasteiger partial charge in [0.25, 0.3) is 5.69 Å². The highest BCUT2D eigenvalue weighted by Gasteiger charge is 2.19. The summed E-state index contributed by atoms with van der Waals surface area (Å²) in [6, 6.07) is 4.99. The minimum absolute atomic E-state index is 0.205. The molecule has 0 spiro atoms. The summed E-state index contributed by atoms with van der Waals surface area (Å²) in [5.74, 6) is 0. The van der Waals surface area contributed by atoms with E-state index in [1.807, 2.05) is 6.07 Å². The van der Waals surface area contributed by atoms with Gasteiger partial charge in [0.2, 0.25) is 0 Å². The van der Waals surface area contributed by atoms with Gasteiger partial charge in [0.1, 0.15) is 0 Å². The van der Waals surface area contributed by atoms with Gasteiger partial charge < -0.3 is 10.4 Å². The molecule has 0 saturated heterocycles. The second-order valence-corrected chi connectivity index (χ2v) is 4.33. The van der Waals surface area contributed by atoms with Crippen molar-refractivity contribution in [3.05, 3.63) is 39.4 Å². The highest BCUT2D eigenvalue weighted by atomic mass is 16.6. The van der Waals surface area contributed by atoms with E-state index in [-0.39, 0.29) is 10.6 Å². The molecule has 0 aromatic heterocycles. The molecular weight excluding hydrogens is 248 g/mol. The molecule has 0 radical (unpaired) electrons. The van der Waals surface area contributed by atoms with Crippen molar-refractivity contribution in [3.63, 3.8) is 0 Å². The molecule has 2 rings (SSSR count). The van der Waals surface area contributed by atoms with Crippen LogP contribution in [-0.4, -0.2) is 22.7 Å². The molecule has 0 heterocycles. The van der Waals surface area contributed by atoms with Gasteiger partial charge in [-0.3, -0.25) is 10.1 Å². The van der Waals surface area contributed by atoms with Gasteiger partial charge in [-0.05, 0) is 24.0 Å². The Morgan fingerprint density at radius 1 is 1.42 bits per heavy atom. The molecule has 2 N–H and O–H groups in total. The largest absolute Gasteiger partial charge is 0.465 e. The quantitative estimate of drug-likeness (QED) is 0.494. The van der Waals surface area contributed by atoms with Crippen molar-refractivity contribution in [2.75, 3.05) is 6.54 Å². The molecule has 0 fully saturated rings. The Balaban J connectivity index is 0.000000192. The van der Waals surface area contributed by atoms with Crippen molar-refractivity contribution >= 4 is 11.8 Å². The van der Waals surface area contributed by atoms with Crippen LogP contribution in [0.5, 0.6) is 0 Å². The van der Waals surface area contributed by atoms with Gasteiger partial charge in [-0.25, -0.2) is 4.79 Å². The summed E-state index contributed by atoms with van der Waals surface area (Å²) in [5, 5.41) is 20.6. The van der Waals surface area contributed by atoms with Crippen LogP contribution in [0.3, 0.4) is 0 Å². The number of hydrogen-bond acceptors (Lipinski definition) is 3. The normalized spacial score (nSPS) is 10.8. The van der Waals surface area contributed by atoms with Gasteiger partial charge in [-0.15, -0.1) is 0 Å². The molecule has 6 heteroatoms. The molecule has 1 amide bonds. The summed E-state index contributed by atoms with van der Waals surface area (Å²) in [6.07, 6.45) is 3.18. The van der Waals surface area contributed by atoms with E-state index in [4.69, 9.17) is 5.11 Å². The van der Waals surface area contributed by atoms with Crippen LogP contribution in [0.2, 0.25) is 0 Å². The van der Waals surface area contributed by atoms with Crippen molar-refractivity contribution in [2.24, 2.45) is 0 Å². The Morgan fingerprint density at radius 2 is 2.16 bits per heavy atom. The van der Waals surface area contributed by atoms with E-state index in [1.54, 1.807) is 12.1 Å².